The Morgan fingerprint density at radius 3 is 2.50 bits per heavy atom. The predicted molar refractivity (Wildman–Crippen MR) is 127 cm³/mol. The first kappa shape index (κ1) is 21.2. The second-order valence-electron chi connectivity index (χ2n) is 9.15. The van der Waals surface area contributed by atoms with E-state index in [1.54, 1.807) is 12.4 Å². The van der Waals surface area contributed by atoms with Crippen LogP contribution in [0.1, 0.15) is 51.0 Å². The molecule has 32 heavy (non-hydrogen) atoms. The molecular formula is C25H29N5OS. The van der Waals surface area contributed by atoms with Crippen molar-refractivity contribution in [1.29, 1.82) is 0 Å². The Balaban J connectivity index is 1.42. The number of hydrogen-bond acceptors (Lipinski definition) is 5. The highest BCUT2D eigenvalue weighted by Gasteiger charge is 2.42. The first-order valence-electron chi connectivity index (χ1n) is 11.5. The minimum absolute atomic E-state index is 0.0911. The molecule has 1 aromatic carbocycles. The third kappa shape index (κ3) is 4.58. The average molecular weight is 448 g/mol. The van der Waals surface area contributed by atoms with Crippen molar-refractivity contribution < 1.29 is 4.79 Å². The van der Waals surface area contributed by atoms with Crippen molar-refractivity contribution in [2.45, 2.75) is 56.6 Å². The van der Waals surface area contributed by atoms with Crippen molar-refractivity contribution in [3.63, 3.8) is 0 Å². The highest BCUT2D eigenvalue weighted by molar-refractivity contribution is 7.99. The van der Waals surface area contributed by atoms with Gasteiger partial charge in [0.15, 0.2) is 11.0 Å². The molecule has 2 fully saturated rings. The molecule has 1 N–H and O–H groups in total. The van der Waals surface area contributed by atoms with Gasteiger partial charge >= 0.3 is 0 Å². The normalized spacial score (nSPS) is 16.0. The Morgan fingerprint density at radius 2 is 1.84 bits per heavy atom. The molecule has 0 aliphatic heterocycles. The molecular weight excluding hydrogens is 418 g/mol. The molecule has 2 aliphatic rings. The van der Waals surface area contributed by atoms with Gasteiger partial charge in [0.25, 0.3) is 0 Å². The number of benzene rings is 1. The minimum atomic E-state index is 0.0911. The van der Waals surface area contributed by atoms with E-state index in [9.17, 15) is 4.79 Å². The van der Waals surface area contributed by atoms with Crippen LogP contribution in [0.15, 0.2) is 53.9 Å². The fourth-order valence-electron chi connectivity index (χ4n) is 4.33. The van der Waals surface area contributed by atoms with E-state index in [1.165, 1.54) is 43.0 Å². The van der Waals surface area contributed by atoms with Crippen molar-refractivity contribution in [1.82, 2.24) is 25.1 Å². The fourth-order valence-corrected chi connectivity index (χ4v) is 5.09. The lowest BCUT2D eigenvalue weighted by atomic mass is 10.0. The molecule has 0 unspecified atom stereocenters. The van der Waals surface area contributed by atoms with Gasteiger partial charge in [-0.1, -0.05) is 43.8 Å². The smallest absolute Gasteiger partial charge is 0.230 e. The van der Waals surface area contributed by atoms with E-state index in [0.717, 1.165) is 22.2 Å². The van der Waals surface area contributed by atoms with Crippen LogP contribution in [-0.4, -0.2) is 37.5 Å². The highest BCUT2D eigenvalue weighted by Crippen LogP contribution is 2.44. The maximum atomic E-state index is 12.8. The zero-order valence-corrected chi connectivity index (χ0v) is 19.4. The molecule has 2 aliphatic carbocycles. The summed E-state index contributed by atoms with van der Waals surface area (Å²) in [5.74, 6) is 2.89. The maximum absolute atomic E-state index is 12.8. The molecule has 0 atom stereocenters. The van der Waals surface area contributed by atoms with E-state index < -0.39 is 0 Å². The van der Waals surface area contributed by atoms with E-state index in [-0.39, 0.29) is 5.91 Å². The minimum Gasteiger partial charge on any atom is -0.352 e. The Morgan fingerprint density at radius 1 is 1.09 bits per heavy atom. The maximum Gasteiger partial charge on any atom is 0.230 e. The number of aromatic nitrogens is 4. The van der Waals surface area contributed by atoms with Gasteiger partial charge in [0, 0.05) is 24.0 Å². The van der Waals surface area contributed by atoms with Crippen LogP contribution < -0.4 is 5.32 Å². The largest absolute Gasteiger partial charge is 0.352 e. The number of hydrogen-bond donors (Lipinski definition) is 1. The van der Waals surface area contributed by atoms with Gasteiger partial charge in [0.2, 0.25) is 5.91 Å². The number of pyridine rings is 1. The Labute approximate surface area is 193 Å². The molecule has 0 spiro atoms. The first-order valence-corrected chi connectivity index (χ1v) is 12.5. The topological polar surface area (TPSA) is 72.7 Å². The third-order valence-electron chi connectivity index (χ3n) is 6.27. The summed E-state index contributed by atoms with van der Waals surface area (Å²) in [4.78, 5) is 17.1. The van der Waals surface area contributed by atoms with E-state index >= 15 is 0 Å². The summed E-state index contributed by atoms with van der Waals surface area (Å²) in [6, 6.07) is 12.6. The number of thioether (sulfide) groups is 1. The van der Waals surface area contributed by atoms with E-state index in [4.69, 9.17) is 0 Å². The molecule has 166 valence electrons. The Bertz CT molecular complexity index is 1080. The van der Waals surface area contributed by atoms with Gasteiger partial charge in [-0.25, -0.2) is 0 Å². The number of carbonyl (C=O) groups excluding carboxylic acids is 1. The second kappa shape index (κ2) is 9.06. The SMILES string of the molecule is CC(C)c1ccccc1-n1c(SCC(=O)NC(C2CC2)C2CC2)nnc1-c1cccnc1. The number of rotatable bonds is 9. The van der Waals surface area contributed by atoms with Crippen LogP contribution in [0, 0.1) is 11.8 Å². The summed E-state index contributed by atoms with van der Waals surface area (Å²) in [6.45, 7) is 4.37. The van der Waals surface area contributed by atoms with Crippen LogP contribution in [-0.2, 0) is 4.79 Å². The van der Waals surface area contributed by atoms with Gasteiger partial charge in [-0.3, -0.25) is 14.3 Å². The number of amides is 1. The van der Waals surface area contributed by atoms with Crippen LogP contribution in [0.4, 0.5) is 0 Å². The standard InChI is InChI=1S/C25H29N5OS/c1-16(2)20-7-3-4-8-21(20)30-24(19-6-5-13-26-14-19)28-29-25(30)32-15-22(31)27-23(17-9-10-17)18-11-12-18/h3-8,13-14,16-18,23H,9-12,15H2,1-2H3,(H,27,31). The number of carbonyl (C=O) groups is 1. The third-order valence-corrected chi connectivity index (χ3v) is 7.20. The van der Waals surface area contributed by atoms with Gasteiger partial charge < -0.3 is 5.32 Å². The van der Waals surface area contributed by atoms with E-state index in [1.807, 2.05) is 18.2 Å². The zero-order valence-electron chi connectivity index (χ0n) is 18.6. The summed E-state index contributed by atoms with van der Waals surface area (Å²) in [7, 11) is 0. The van der Waals surface area contributed by atoms with Crippen LogP contribution in [0.2, 0.25) is 0 Å². The lowest BCUT2D eigenvalue weighted by molar-refractivity contribution is -0.119. The lowest BCUT2D eigenvalue weighted by Gasteiger charge is -2.18. The Hall–Kier alpha value is -2.67. The van der Waals surface area contributed by atoms with Crippen LogP contribution in [0.25, 0.3) is 17.1 Å². The van der Waals surface area contributed by atoms with Crippen LogP contribution in [0.3, 0.4) is 0 Å². The molecule has 2 aromatic heterocycles. The molecule has 2 heterocycles. The summed E-state index contributed by atoms with van der Waals surface area (Å²) < 4.78 is 2.07. The first-order chi connectivity index (χ1) is 15.6. The molecule has 2 saturated carbocycles. The molecule has 6 nitrogen and oxygen atoms in total. The van der Waals surface area contributed by atoms with E-state index in [0.29, 0.717) is 29.5 Å². The van der Waals surface area contributed by atoms with Crippen molar-refractivity contribution in [3.8, 4) is 17.1 Å². The van der Waals surface area contributed by atoms with Gasteiger partial charge in [-0.2, -0.15) is 0 Å². The Kier molecular flexibility index (Phi) is 6.00. The van der Waals surface area contributed by atoms with Gasteiger partial charge in [-0.15, -0.1) is 10.2 Å². The zero-order chi connectivity index (χ0) is 22.1. The summed E-state index contributed by atoms with van der Waals surface area (Å²) in [5.41, 5.74) is 3.16. The van der Waals surface area contributed by atoms with E-state index in [2.05, 4.69) is 57.1 Å². The van der Waals surface area contributed by atoms with Crippen LogP contribution in [0.5, 0.6) is 0 Å². The second-order valence-corrected chi connectivity index (χ2v) is 10.1. The van der Waals surface area contributed by atoms with Crippen molar-refractivity contribution in [2.24, 2.45) is 11.8 Å². The van der Waals surface area contributed by atoms with Gasteiger partial charge in [-0.05, 0) is 67.2 Å². The molecule has 7 heteroatoms. The summed E-state index contributed by atoms with van der Waals surface area (Å²) >= 11 is 1.45. The van der Waals surface area contributed by atoms with Crippen LogP contribution >= 0.6 is 11.8 Å². The van der Waals surface area contributed by atoms with Crippen molar-refractivity contribution in [3.05, 3.63) is 54.4 Å². The summed E-state index contributed by atoms with van der Waals surface area (Å²) in [6.07, 6.45) is 8.57. The number of nitrogens with zero attached hydrogens (tertiary/aromatic N) is 4. The number of nitrogens with one attached hydrogen (secondary N) is 1. The highest BCUT2D eigenvalue weighted by atomic mass is 32.2. The van der Waals surface area contributed by atoms with Crippen molar-refractivity contribution >= 4 is 17.7 Å². The molecule has 3 aromatic rings. The molecule has 5 rings (SSSR count). The average Bonchev–Trinajstić information content (AvgIpc) is 3.74. The fraction of sp³-hybridized carbons (Fsp3) is 0.440. The predicted octanol–water partition coefficient (Wildman–Crippen LogP) is 4.85. The quantitative estimate of drug-likeness (QED) is 0.475. The molecule has 0 bridgehead atoms. The van der Waals surface area contributed by atoms with Gasteiger partial charge in [0.05, 0.1) is 11.4 Å². The lowest BCUT2D eigenvalue weighted by Crippen LogP contribution is -2.39. The molecule has 1 amide bonds. The molecule has 0 saturated heterocycles. The monoisotopic (exact) mass is 447 g/mol. The summed E-state index contributed by atoms with van der Waals surface area (Å²) in [5, 5.41) is 13.0. The number of para-hydroxylation sites is 1. The molecule has 0 radical (unpaired) electrons. The van der Waals surface area contributed by atoms with Gasteiger partial charge in [0.1, 0.15) is 0 Å². The van der Waals surface area contributed by atoms with Crippen molar-refractivity contribution in [2.75, 3.05) is 5.75 Å².